The number of aliphatic hydroxyl groups is 1. The number of benzene rings is 5. The number of carbonyl (C=O) groups is 1. The van der Waals surface area contributed by atoms with Crippen molar-refractivity contribution >= 4 is 21.6 Å². The minimum absolute atomic E-state index is 0.0105. The number of carbonyl (C=O) groups excluding carboxylic acids is 1. The Morgan fingerprint density at radius 1 is 0.786 bits per heavy atom. The van der Waals surface area contributed by atoms with Gasteiger partial charge in [-0.3, -0.25) is 10.2 Å². The highest BCUT2D eigenvalue weighted by Crippen LogP contribution is 2.44. The number of amides is 1. The molecule has 6 rings (SSSR count). The van der Waals surface area contributed by atoms with Crippen LogP contribution in [-0.4, -0.2) is 71.2 Å². The Bertz CT molecular complexity index is 2190. The summed E-state index contributed by atoms with van der Waals surface area (Å²) in [5, 5.41) is 9.15. The third-order valence-corrected chi connectivity index (χ3v) is 11.2. The zero-order chi connectivity index (χ0) is 39.5. The maximum atomic E-state index is 14.8. The van der Waals surface area contributed by atoms with Gasteiger partial charge in [0.05, 0.1) is 44.1 Å². The molecule has 1 amide bonds. The summed E-state index contributed by atoms with van der Waals surface area (Å²) in [5.41, 5.74) is 7.81. The van der Waals surface area contributed by atoms with E-state index in [-0.39, 0.29) is 30.4 Å². The van der Waals surface area contributed by atoms with E-state index in [2.05, 4.69) is 10.9 Å². The molecule has 56 heavy (non-hydrogen) atoms. The zero-order valence-electron chi connectivity index (χ0n) is 31.4. The molecule has 0 radical (unpaired) electrons. The molecule has 1 heterocycles. The van der Waals surface area contributed by atoms with Crippen LogP contribution in [0.25, 0.3) is 11.1 Å². The molecule has 0 fully saturated rings. The van der Waals surface area contributed by atoms with Crippen molar-refractivity contribution in [3.8, 4) is 34.1 Å². The normalized spacial score (nSPS) is 16.4. The molecule has 0 aliphatic carbocycles. The first-order chi connectivity index (χ1) is 27.2. The van der Waals surface area contributed by atoms with Crippen LogP contribution >= 0.6 is 0 Å². The van der Waals surface area contributed by atoms with Crippen LogP contribution in [0.4, 0.5) is 0 Å². The van der Waals surface area contributed by atoms with Crippen molar-refractivity contribution in [3.05, 3.63) is 138 Å². The summed E-state index contributed by atoms with van der Waals surface area (Å²) in [6, 6.07) is 36.0. The number of aliphatic imine (C=N–C) groups is 1. The minimum Gasteiger partial charge on any atom is -0.496 e. The average Bonchev–Trinajstić information content (AvgIpc) is 3.65. The summed E-state index contributed by atoms with van der Waals surface area (Å²) in [6.45, 7) is 0.428. The van der Waals surface area contributed by atoms with Crippen molar-refractivity contribution < 1.29 is 42.0 Å². The van der Waals surface area contributed by atoms with Gasteiger partial charge in [0.15, 0.2) is 21.5 Å². The Hall–Kier alpha value is -5.89. The highest BCUT2D eigenvalue weighted by Gasteiger charge is 2.53. The van der Waals surface area contributed by atoms with Crippen LogP contribution in [0.2, 0.25) is 0 Å². The molecule has 0 saturated carbocycles. The second-order valence-corrected chi connectivity index (χ2v) is 15.1. The van der Waals surface area contributed by atoms with Crippen molar-refractivity contribution in [3.63, 3.8) is 0 Å². The van der Waals surface area contributed by atoms with Gasteiger partial charge in [-0.05, 0) is 53.1 Å². The van der Waals surface area contributed by atoms with Crippen LogP contribution in [0.5, 0.6) is 23.0 Å². The SMILES string of the molecule is COc1cc(OC)c(CNNC(=O)[C@@]2(CCS(=O)(=O)c3ccccc3)N=C(c3ccc(OCCCO)cc3)O[C@H]2c2ccc(-c3ccccc3)cc2)c(OC)c1. The van der Waals surface area contributed by atoms with Gasteiger partial charge in [0, 0.05) is 43.7 Å². The van der Waals surface area contributed by atoms with Crippen molar-refractivity contribution in [2.75, 3.05) is 40.3 Å². The molecule has 2 atom stereocenters. The zero-order valence-corrected chi connectivity index (χ0v) is 32.3. The predicted octanol–water partition coefficient (Wildman–Crippen LogP) is 6.08. The van der Waals surface area contributed by atoms with Gasteiger partial charge < -0.3 is 28.8 Å². The van der Waals surface area contributed by atoms with E-state index in [1.807, 2.05) is 54.6 Å². The van der Waals surface area contributed by atoms with E-state index in [4.69, 9.17) is 33.8 Å². The highest BCUT2D eigenvalue weighted by molar-refractivity contribution is 7.91. The Morgan fingerprint density at radius 2 is 1.39 bits per heavy atom. The van der Waals surface area contributed by atoms with Gasteiger partial charge in [-0.25, -0.2) is 18.8 Å². The van der Waals surface area contributed by atoms with E-state index in [1.54, 1.807) is 54.6 Å². The predicted molar refractivity (Wildman–Crippen MR) is 213 cm³/mol. The third kappa shape index (κ3) is 8.97. The molecule has 0 unspecified atom stereocenters. The van der Waals surface area contributed by atoms with Crippen molar-refractivity contribution in [1.82, 2.24) is 10.9 Å². The second kappa shape index (κ2) is 18.2. The quantitative estimate of drug-likeness (QED) is 0.0705. The molecular weight excluding hydrogens is 735 g/mol. The van der Waals surface area contributed by atoms with E-state index in [0.717, 1.165) is 11.1 Å². The number of hydrogen-bond donors (Lipinski definition) is 3. The first-order valence-corrected chi connectivity index (χ1v) is 19.7. The molecule has 0 aromatic heterocycles. The molecule has 13 heteroatoms. The number of hydrogen-bond acceptors (Lipinski definition) is 11. The molecule has 0 spiro atoms. The van der Waals surface area contributed by atoms with E-state index < -0.39 is 33.1 Å². The van der Waals surface area contributed by atoms with Crippen LogP contribution in [-0.2, 0) is 25.9 Å². The Morgan fingerprint density at radius 3 is 2.00 bits per heavy atom. The molecule has 5 aromatic carbocycles. The van der Waals surface area contributed by atoms with Gasteiger partial charge in [-0.1, -0.05) is 72.8 Å². The minimum atomic E-state index is -3.86. The standard InChI is InChI=1S/C43H45N3O9S/c1-51-35-27-38(52-2)37(39(28-35)53-3)29-44-46-42(48)43(23-26-56(49,50)36-13-8-5-9-14-36)40(32-17-15-31(16-18-32)30-11-6-4-7-12-30)55-41(45-43)33-19-21-34(22-20-33)54-25-10-24-47/h4-9,11-22,27-28,40,44,47H,10,23-26,29H2,1-3H3,(H,46,48)/t40-,43-/m0/s1. The third-order valence-electron chi connectivity index (χ3n) is 9.49. The molecule has 0 saturated heterocycles. The fraction of sp³-hybridized carbons (Fsp3) is 0.256. The van der Waals surface area contributed by atoms with E-state index in [1.165, 1.54) is 33.5 Å². The summed E-state index contributed by atoms with van der Waals surface area (Å²) in [7, 11) is 0.717. The van der Waals surface area contributed by atoms with Gasteiger partial charge in [-0.15, -0.1) is 0 Å². The Labute approximate surface area is 327 Å². The molecular formula is C43H45N3O9S. The molecule has 292 valence electrons. The maximum absolute atomic E-state index is 14.8. The molecule has 1 aliphatic heterocycles. The lowest BCUT2D eigenvalue weighted by Gasteiger charge is -2.31. The lowest BCUT2D eigenvalue weighted by atomic mass is 9.84. The van der Waals surface area contributed by atoms with Crippen LogP contribution in [0.1, 0.15) is 35.6 Å². The largest absolute Gasteiger partial charge is 0.496 e. The summed E-state index contributed by atoms with van der Waals surface area (Å²) in [6.07, 6.45) is -0.762. The fourth-order valence-electron chi connectivity index (χ4n) is 6.46. The summed E-state index contributed by atoms with van der Waals surface area (Å²) in [5.74, 6) is 1.20. The van der Waals surface area contributed by atoms with E-state index in [9.17, 15) is 13.2 Å². The van der Waals surface area contributed by atoms with Crippen LogP contribution in [0.3, 0.4) is 0 Å². The number of methoxy groups -OCH3 is 3. The molecule has 3 N–H and O–H groups in total. The van der Waals surface area contributed by atoms with Gasteiger partial charge >= 0.3 is 0 Å². The molecule has 12 nitrogen and oxygen atoms in total. The number of sulfone groups is 1. The number of nitrogens with one attached hydrogen (secondary N) is 2. The van der Waals surface area contributed by atoms with Gasteiger partial charge in [0.25, 0.3) is 5.91 Å². The summed E-state index contributed by atoms with van der Waals surface area (Å²) >= 11 is 0. The number of rotatable bonds is 18. The van der Waals surface area contributed by atoms with Gasteiger partial charge in [0.2, 0.25) is 5.90 Å². The lowest BCUT2D eigenvalue weighted by Crippen LogP contribution is -2.53. The van der Waals surface area contributed by atoms with Gasteiger partial charge in [0.1, 0.15) is 23.0 Å². The highest BCUT2D eigenvalue weighted by atomic mass is 32.2. The number of nitrogens with zero attached hydrogens (tertiary/aromatic N) is 1. The molecule has 0 bridgehead atoms. The first-order valence-electron chi connectivity index (χ1n) is 18.1. The number of hydrazine groups is 1. The number of ether oxygens (including phenoxy) is 5. The maximum Gasteiger partial charge on any atom is 0.266 e. The average molecular weight is 780 g/mol. The number of aliphatic hydroxyl groups excluding tert-OH is 1. The van der Waals surface area contributed by atoms with Gasteiger partial charge in [-0.2, -0.15) is 0 Å². The second-order valence-electron chi connectivity index (χ2n) is 13.0. The van der Waals surface area contributed by atoms with Crippen molar-refractivity contribution in [2.24, 2.45) is 4.99 Å². The summed E-state index contributed by atoms with van der Waals surface area (Å²) < 4.78 is 56.5. The van der Waals surface area contributed by atoms with Crippen LogP contribution in [0.15, 0.2) is 131 Å². The Balaban J connectivity index is 1.39. The van der Waals surface area contributed by atoms with Crippen molar-refractivity contribution in [2.45, 2.75) is 35.9 Å². The monoisotopic (exact) mass is 779 g/mol. The lowest BCUT2D eigenvalue weighted by molar-refractivity contribution is -0.130. The molecule has 5 aromatic rings. The van der Waals surface area contributed by atoms with Crippen LogP contribution in [0, 0.1) is 0 Å². The van der Waals surface area contributed by atoms with E-state index >= 15 is 0 Å². The van der Waals surface area contributed by atoms with Crippen molar-refractivity contribution in [1.29, 1.82) is 0 Å². The smallest absolute Gasteiger partial charge is 0.266 e. The molecule has 1 aliphatic rings. The topological polar surface area (TPSA) is 154 Å². The first kappa shape index (κ1) is 39.8. The van der Waals surface area contributed by atoms with E-state index in [0.29, 0.717) is 52.7 Å². The fourth-order valence-corrected chi connectivity index (χ4v) is 7.85. The summed E-state index contributed by atoms with van der Waals surface area (Å²) in [4.78, 5) is 19.9. The van der Waals surface area contributed by atoms with Crippen LogP contribution < -0.4 is 29.8 Å². The Kier molecular flexibility index (Phi) is 12.9.